The van der Waals surface area contributed by atoms with Crippen molar-refractivity contribution in [3.8, 4) is 17.5 Å². The summed E-state index contributed by atoms with van der Waals surface area (Å²) in [4.78, 5) is 0. The van der Waals surface area contributed by atoms with Crippen LogP contribution in [0.5, 0.6) is 5.75 Å². The molecule has 2 rings (SSSR count). The number of alkyl halides is 3. The lowest BCUT2D eigenvalue weighted by atomic mass is 10.2. The highest BCUT2D eigenvalue weighted by Gasteiger charge is 2.31. The van der Waals surface area contributed by atoms with E-state index in [4.69, 9.17) is 11.0 Å². The molecule has 21 heavy (non-hydrogen) atoms. The van der Waals surface area contributed by atoms with Crippen molar-refractivity contribution in [1.82, 2.24) is 4.57 Å². The molecule has 2 aromatic rings. The van der Waals surface area contributed by atoms with Crippen LogP contribution < -0.4 is 10.5 Å². The van der Waals surface area contributed by atoms with Gasteiger partial charge in [0.05, 0.1) is 5.56 Å². The van der Waals surface area contributed by atoms with Gasteiger partial charge in [0.2, 0.25) is 0 Å². The van der Waals surface area contributed by atoms with E-state index >= 15 is 0 Å². The summed E-state index contributed by atoms with van der Waals surface area (Å²) in [6, 6.07) is 7.31. The topological polar surface area (TPSA) is 64.0 Å². The molecule has 0 aliphatic heterocycles. The van der Waals surface area contributed by atoms with Crippen LogP contribution in [0.1, 0.15) is 16.8 Å². The van der Waals surface area contributed by atoms with Gasteiger partial charge < -0.3 is 10.5 Å². The van der Waals surface area contributed by atoms with E-state index in [0.717, 1.165) is 11.3 Å². The number of hydrogen-bond donors (Lipinski definition) is 1. The van der Waals surface area contributed by atoms with Gasteiger partial charge in [0, 0.05) is 11.4 Å². The maximum atomic E-state index is 12.1. The summed E-state index contributed by atoms with van der Waals surface area (Å²) in [6.07, 6.45) is -4.73. The van der Waals surface area contributed by atoms with Crippen LogP contribution >= 0.6 is 0 Å². The molecule has 4 nitrogen and oxygen atoms in total. The maximum Gasteiger partial charge on any atom is 0.573 e. The number of rotatable bonds is 2. The number of nitriles is 1. The van der Waals surface area contributed by atoms with Crippen molar-refractivity contribution in [2.24, 2.45) is 0 Å². The van der Waals surface area contributed by atoms with Crippen LogP contribution in [0.4, 0.5) is 19.0 Å². The van der Waals surface area contributed by atoms with E-state index in [-0.39, 0.29) is 11.6 Å². The fraction of sp³-hybridized carbons (Fsp3) is 0.214. The van der Waals surface area contributed by atoms with Gasteiger partial charge in [-0.05, 0) is 43.7 Å². The first kappa shape index (κ1) is 14.8. The van der Waals surface area contributed by atoms with E-state index in [1.807, 2.05) is 6.07 Å². The van der Waals surface area contributed by atoms with Crippen molar-refractivity contribution in [2.75, 3.05) is 5.73 Å². The number of anilines is 1. The van der Waals surface area contributed by atoms with Crippen LogP contribution in [-0.2, 0) is 0 Å². The van der Waals surface area contributed by atoms with Crippen LogP contribution in [0.25, 0.3) is 5.69 Å². The van der Waals surface area contributed by atoms with E-state index in [2.05, 4.69) is 4.74 Å². The average Bonchev–Trinajstić information content (AvgIpc) is 2.60. The summed E-state index contributed by atoms with van der Waals surface area (Å²) in [6.45, 7) is 3.55. The van der Waals surface area contributed by atoms with E-state index in [1.54, 1.807) is 18.4 Å². The van der Waals surface area contributed by atoms with Gasteiger partial charge in [-0.1, -0.05) is 0 Å². The van der Waals surface area contributed by atoms with Crippen LogP contribution in [0.2, 0.25) is 0 Å². The molecule has 0 aliphatic rings. The molecule has 0 radical (unpaired) electrons. The lowest BCUT2D eigenvalue weighted by molar-refractivity contribution is -0.274. The van der Waals surface area contributed by atoms with Crippen molar-refractivity contribution in [1.29, 1.82) is 5.26 Å². The van der Waals surface area contributed by atoms with E-state index in [9.17, 15) is 13.2 Å². The number of hydrogen-bond acceptors (Lipinski definition) is 3. The van der Waals surface area contributed by atoms with Crippen LogP contribution in [-0.4, -0.2) is 10.9 Å². The summed E-state index contributed by atoms with van der Waals surface area (Å²) >= 11 is 0. The molecule has 0 fully saturated rings. The lowest BCUT2D eigenvalue weighted by Crippen LogP contribution is -2.17. The second kappa shape index (κ2) is 5.05. The summed E-state index contributed by atoms with van der Waals surface area (Å²) in [7, 11) is 0. The normalized spacial score (nSPS) is 11.2. The number of halogens is 3. The van der Waals surface area contributed by atoms with Crippen LogP contribution in [0, 0.1) is 25.2 Å². The zero-order valence-electron chi connectivity index (χ0n) is 11.3. The van der Waals surface area contributed by atoms with Crippen molar-refractivity contribution < 1.29 is 17.9 Å². The molecule has 0 aliphatic carbocycles. The molecule has 0 unspecified atom stereocenters. The second-order valence-electron chi connectivity index (χ2n) is 4.46. The summed E-state index contributed by atoms with van der Waals surface area (Å²) < 4.78 is 41.8. The Kier molecular flexibility index (Phi) is 3.56. The number of nitrogens with two attached hydrogens (primary N) is 1. The molecule has 0 amide bonds. The Morgan fingerprint density at radius 1 is 1.19 bits per heavy atom. The van der Waals surface area contributed by atoms with E-state index in [1.165, 1.54) is 24.3 Å². The summed E-state index contributed by atoms with van der Waals surface area (Å²) in [5, 5.41) is 9.07. The number of aromatic nitrogens is 1. The standard InChI is InChI=1S/C14H12F3N3O/c1-8-9(2)20(13(19)12(8)7-18)10-3-5-11(6-4-10)21-14(15,16)17/h3-6H,19H2,1-2H3. The Hall–Kier alpha value is -2.62. The third kappa shape index (κ3) is 2.79. The molecule has 110 valence electrons. The molecular formula is C14H12F3N3O. The Morgan fingerprint density at radius 3 is 2.19 bits per heavy atom. The van der Waals surface area contributed by atoms with Gasteiger partial charge in [-0.3, -0.25) is 4.57 Å². The van der Waals surface area contributed by atoms with Crippen molar-refractivity contribution in [2.45, 2.75) is 20.2 Å². The highest BCUT2D eigenvalue weighted by Crippen LogP contribution is 2.29. The Morgan fingerprint density at radius 2 is 1.76 bits per heavy atom. The summed E-state index contributed by atoms with van der Waals surface area (Å²) in [5.41, 5.74) is 8.34. The van der Waals surface area contributed by atoms with Gasteiger partial charge in [0.1, 0.15) is 17.6 Å². The SMILES string of the molecule is Cc1c(C#N)c(N)n(-c2ccc(OC(F)(F)F)cc2)c1C. The molecule has 1 aromatic heterocycles. The predicted octanol–water partition coefficient (Wildman–Crippen LogP) is 3.45. The van der Waals surface area contributed by atoms with Gasteiger partial charge in [-0.15, -0.1) is 13.2 Å². The van der Waals surface area contributed by atoms with Crippen LogP contribution in [0.15, 0.2) is 24.3 Å². The number of nitrogen functional groups attached to an aromatic ring is 1. The lowest BCUT2D eigenvalue weighted by Gasteiger charge is -2.12. The first-order valence-electron chi connectivity index (χ1n) is 5.98. The maximum absolute atomic E-state index is 12.1. The molecule has 2 N–H and O–H groups in total. The Balaban J connectivity index is 2.43. The smallest absolute Gasteiger partial charge is 0.406 e. The zero-order chi connectivity index (χ0) is 15.8. The van der Waals surface area contributed by atoms with Gasteiger partial charge in [-0.2, -0.15) is 5.26 Å². The minimum atomic E-state index is -4.73. The summed E-state index contributed by atoms with van der Waals surface area (Å²) in [5.74, 6) is -0.0520. The van der Waals surface area contributed by atoms with Gasteiger partial charge in [0.25, 0.3) is 0 Å². The monoisotopic (exact) mass is 295 g/mol. The molecule has 0 saturated heterocycles. The quantitative estimate of drug-likeness (QED) is 0.923. The van der Waals surface area contributed by atoms with E-state index in [0.29, 0.717) is 11.3 Å². The Labute approximate surface area is 119 Å². The largest absolute Gasteiger partial charge is 0.573 e. The number of benzene rings is 1. The molecule has 1 heterocycles. The molecule has 1 aromatic carbocycles. The number of nitrogens with zero attached hydrogens (tertiary/aromatic N) is 2. The van der Waals surface area contributed by atoms with Gasteiger partial charge in [-0.25, -0.2) is 0 Å². The minimum Gasteiger partial charge on any atom is -0.406 e. The van der Waals surface area contributed by atoms with Crippen LogP contribution in [0.3, 0.4) is 0 Å². The Bertz CT molecular complexity index is 709. The fourth-order valence-electron chi connectivity index (χ4n) is 2.10. The highest BCUT2D eigenvalue weighted by atomic mass is 19.4. The molecule has 0 spiro atoms. The molecule has 0 atom stereocenters. The number of ether oxygens (including phenoxy) is 1. The molecular weight excluding hydrogens is 283 g/mol. The minimum absolute atomic E-state index is 0.261. The second-order valence-corrected chi connectivity index (χ2v) is 4.46. The molecule has 7 heteroatoms. The first-order chi connectivity index (χ1) is 9.74. The van der Waals surface area contributed by atoms with E-state index < -0.39 is 6.36 Å². The highest BCUT2D eigenvalue weighted by molar-refractivity contribution is 5.62. The third-order valence-electron chi connectivity index (χ3n) is 3.19. The van der Waals surface area contributed by atoms with Crippen molar-refractivity contribution in [3.05, 3.63) is 41.1 Å². The van der Waals surface area contributed by atoms with Crippen molar-refractivity contribution >= 4 is 5.82 Å². The van der Waals surface area contributed by atoms with Crippen molar-refractivity contribution in [3.63, 3.8) is 0 Å². The molecule has 0 bridgehead atoms. The third-order valence-corrected chi connectivity index (χ3v) is 3.19. The molecule has 0 saturated carbocycles. The predicted molar refractivity (Wildman–Crippen MR) is 71.1 cm³/mol. The fourth-order valence-corrected chi connectivity index (χ4v) is 2.10. The van der Waals surface area contributed by atoms with Gasteiger partial charge in [0.15, 0.2) is 0 Å². The average molecular weight is 295 g/mol. The first-order valence-corrected chi connectivity index (χ1v) is 5.98. The van der Waals surface area contributed by atoms with Gasteiger partial charge >= 0.3 is 6.36 Å². The zero-order valence-corrected chi connectivity index (χ0v) is 11.3.